The molecule has 0 aromatic carbocycles. The zero-order valence-corrected chi connectivity index (χ0v) is 37.6. The van der Waals surface area contributed by atoms with Crippen LogP contribution in [0.25, 0.3) is 0 Å². The highest BCUT2D eigenvalue weighted by molar-refractivity contribution is 5.97. The van der Waals surface area contributed by atoms with Gasteiger partial charge in [0.1, 0.15) is 30.5 Å². The number of rotatable bonds is 23. The van der Waals surface area contributed by atoms with Crippen LogP contribution in [0.1, 0.15) is 114 Å². The topological polar surface area (TPSA) is 197 Å². The van der Waals surface area contributed by atoms with Crippen molar-refractivity contribution in [2.45, 2.75) is 150 Å². The van der Waals surface area contributed by atoms with Gasteiger partial charge in [-0.25, -0.2) is 0 Å². The van der Waals surface area contributed by atoms with Crippen LogP contribution < -0.4 is 10.6 Å². The van der Waals surface area contributed by atoms with Crippen molar-refractivity contribution in [1.29, 1.82) is 0 Å². The maximum absolute atomic E-state index is 14.2. The molecule has 0 aromatic rings. The molecule has 3 N–H and O–H groups in total. The van der Waals surface area contributed by atoms with Gasteiger partial charge in [-0.15, -0.1) is 0 Å². The van der Waals surface area contributed by atoms with Gasteiger partial charge in [0.05, 0.1) is 31.5 Å². The predicted octanol–water partition coefficient (Wildman–Crippen LogP) is 2.06. The fraction of sp³-hybridized carbons (Fsp3) is 0.810. The Kier molecular flexibility index (Phi) is 22.2. The van der Waals surface area contributed by atoms with Gasteiger partial charge >= 0.3 is 0 Å². The molecule has 6 atom stereocenters. The summed E-state index contributed by atoms with van der Waals surface area (Å²) in [7, 11) is 5.89. The third kappa shape index (κ3) is 16.6. The molecule has 332 valence electrons. The summed E-state index contributed by atoms with van der Waals surface area (Å²) in [5.74, 6) is -3.93. The summed E-state index contributed by atoms with van der Waals surface area (Å²) in [5, 5.41) is 15.3. The largest absolute Gasteiger partial charge is 0.393 e. The molecule has 2 unspecified atom stereocenters. The van der Waals surface area contributed by atoms with Crippen LogP contribution in [0.15, 0.2) is 0 Å². The van der Waals surface area contributed by atoms with Crippen LogP contribution in [0.4, 0.5) is 0 Å². The van der Waals surface area contributed by atoms with Crippen LogP contribution in [-0.2, 0) is 38.4 Å². The summed E-state index contributed by atoms with van der Waals surface area (Å²) < 4.78 is 0. The number of aliphatic hydroxyl groups is 1. The zero-order valence-electron chi connectivity index (χ0n) is 37.6. The van der Waals surface area contributed by atoms with Gasteiger partial charge in [-0.05, 0) is 69.1 Å². The SMILES string of the molecule is CC(C)C[C@H](NC(=O)[C@H](C(C)C)N(C)C(=O)CC(NC(=O)[C@H](CC(C)C)N(C)C(=O)CN(C)C(=O)CC(C)O)C(=O)N1CCCCC1)C(=O)N(C)[C@H](C=O)CC(C)C. The number of hydrogen-bond acceptors (Lipinski definition) is 9. The number of carbonyl (C=O) groups excluding carboxylic acids is 8. The van der Waals surface area contributed by atoms with Gasteiger partial charge in [0, 0.05) is 41.3 Å². The molecule has 1 aliphatic heterocycles. The molecule has 1 rings (SSSR count). The first-order chi connectivity index (χ1) is 26.9. The van der Waals surface area contributed by atoms with Gasteiger partial charge in [-0.2, -0.15) is 0 Å². The lowest BCUT2D eigenvalue weighted by Crippen LogP contribution is -2.59. The lowest BCUT2D eigenvalue weighted by atomic mass is 9.97. The molecule has 0 saturated carbocycles. The minimum Gasteiger partial charge on any atom is -0.393 e. The average Bonchev–Trinajstić information content (AvgIpc) is 3.13. The number of aliphatic hydroxyl groups excluding tert-OH is 1. The molecule has 1 heterocycles. The van der Waals surface area contributed by atoms with E-state index >= 15 is 0 Å². The minimum absolute atomic E-state index is 0.0109. The van der Waals surface area contributed by atoms with E-state index in [2.05, 4.69) is 10.6 Å². The Bertz CT molecular complexity index is 1400. The smallest absolute Gasteiger partial charge is 0.245 e. The van der Waals surface area contributed by atoms with Crippen LogP contribution in [0, 0.1) is 23.7 Å². The summed E-state index contributed by atoms with van der Waals surface area (Å²) in [5.41, 5.74) is 0. The lowest BCUT2D eigenvalue weighted by molar-refractivity contribution is -0.147. The van der Waals surface area contributed by atoms with E-state index in [0.717, 1.165) is 25.5 Å². The molecule has 7 amide bonds. The van der Waals surface area contributed by atoms with E-state index in [4.69, 9.17) is 0 Å². The number of aldehydes is 1. The highest BCUT2D eigenvalue weighted by atomic mass is 16.3. The van der Waals surface area contributed by atoms with Crippen LogP contribution in [0.2, 0.25) is 0 Å². The molecule has 1 fully saturated rings. The Hall–Kier alpha value is -4.08. The van der Waals surface area contributed by atoms with Crippen molar-refractivity contribution >= 4 is 47.6 Å². The van der Waals surface area contributed by atoms with E-state index in [1.165, 1.54) is 47.7 Å². The average molecular weight is 822 g/mol. The number of piperidine rings is 1. The van der Waals surface area contributed by atoms with Gasteiger partial charge in [-0.1, -0.05) is 55.4 Å². The number of carbonyl (C=O) groups is 8. The van der Waals surface area contributed by atoms with E-state index in [-0.39, 0.29) is 37.1 Å². The number of nitrogens with one attached hydrogen (secondary N) is 2. The molecule has 1 saturated heterocycles. The number of amides is 7. The number of hydrogen-bond donors (Lipinski definition) is 3. The monoisotopic (exact) mass is 822 g/mol. The molecule has 0 aliphatic carbocycles. The van der Waals surface area contributed by atoms with Gasteiger partial charge in [-0.3, -0.25) is 33.6 Å². The van der Waals surface area contributed by atoms with E-state index in [0.29, 0.717) is 25.9 Å². The van der Waals surface area contributed by atoms with Crippen LogP contribution >= 0.6 is 0 Å². The van der Waals surface area contributed by atoms with Gasteiger partial charge in [0.15, 0.2) is 0 Å². The zero-order chi connectivity index (χ0) is 44.6. The maximum Gasteiger partial charge on any atom is 0.245 e. The number of likely N-dealkylation sites (tertiary alicyclic amines) is 1. The third-order valence-corrected chi connectivity index (χ3v) is 10.5. The van der Waals surface area contributed by atoms with Crippen molar-refractivity contribution in [3.05, 3.63) is 0 Å². The summed E-state index contributed by atoms with van der Waals surface area (Å²) in [6, 6.07) is -5.03. The minimum atomic E-state index is -1.31. The van der Waals surface area contributed by atoms with Crippen LogP contribution in [-0.4, -0.2) is 161 Å². The van der Waals surface area contributed by atoms with E-state index in [9.17, 15) is 43.5 Å². The Labute approximate surface area is 347 Å². The summed E-state index contributed by atoms with van der Waals surface area (Å²) >= 11 is 0. The molecule has 0 radical (unpaired) electrons. The fourth-order valence-electron chi connectivity index (χ4n) is 7.22. The van der Waals surface area contributed by atoms with Crippen molar-refractivity contribution in [2.24, 2.45) is 23.7 Å². The maximum atomic E-state index is 14.2. The van der Waals surface area contributed by atoms with E-state index in [1.54, 1.807) is 25.8 Å². The molecule has 16 nitrogen and oxygen atoms in total. The molecule has 0 spiro atoms. The molecule has 58 heavy (non-hydrogen) atoms. The van der Waals surface area contributed by atoms with Crippen molar-refractivity contribution in [3.8, 4) is 0 Å². The second-order valence-electron chi connectivity index (χ2n) is 17.8. The van der Waals surface area contributed by atoms with Gasteiger partial charge in [0.2, 0.25) is 41.4 Å². The molecule has 0 bridgehead atoms. The number of likely N-dealkylation sites (N-methyl/N-ethyl adjacent to an activating group) is 4. The fourth-order valence-corrected chi connectivity index (χ4v) is 7.22. The highest BCUT2D eigenvalue weighted by Gasteiger charge is 2.39. The predicted molar refractivity (Wildman–Crippen MR) is 222 cm³/mol. The Morgan fingerprint density at radius 3 is 1.66 bits per heavy atom. The van der Waals surface area contributed by atoms with Gasteiger partial charge in [0.25, 0.3) is 0 Å². The molecular weight excluding hydrogens is 747 g/mol. The molecule has 0 aromatic heterocycles. The Morgan fingerprint density at radius 1 is 0.638 bits per heavy atom. The van der Waals surface area contributed by atoms with Crippen molar-refractivity contribution in [1.82, 2.24) is 35.1 Å². The van der Waals surface area contributed by atoms with Crippen molar-refractivity contribution < 1.29 is 43.5 Å². The first kappa shape index (κ1) is 51.9. The first-order valence-electron chi connectivity index (χ1n) is 21.0. The second-order valence-corrected chi connectivity index (χ2v) is 17.8. The highest BCUT2D eigenvalue weighted by Crippen LogP contribution is 2.19. The quantitative estimate of drug-likeness (QED) is 0.129. The standard InChI is InChI=1S/C42H75N7O9/c1-26(2)19-31(25-50)46(11)41(57)32(20-27(3)4)44-40(56)38(29(7)8)48(13)36(53)23-33(42(58)49-17-15-14-16-18-49)43-39(55)34(21-28(5)6)47(12)37(54)24-45(10)35(52)22-30(9)51/h25-34,38,51H,14-24H2,1-13H3,(H,43,55)(H,44,56)/t30?,31-,32-,33?,34-,38-/m0/s1. The van der Waals surface area contributed by atoms with Crippen LogP contribution in [0.3, 0.4) is 0 Å². The molecule has 16 heteroatoms. The third-order valence-electron chi connectivity index (χ3n) is 10.5. The normalized spacial score (nSPS) is 16.2. The van der Waals surface area contributed by atoms with E-state index in [1.807, 2.05) is 41.5 Å². The summed E-state index contributed by atoms with van der Waals surface area (Å²) in [4.78, 5) is 115. The Balaban J connectivity index is 3.43. The van der Waals surface area contributed by atoms with Gasteiger partial charge < -0.3 is 45.0 Å². The van der Waals surface area contributed by atoms with E-state index < -0.39 is 90.0 Å². The summed E-state index contributed by atoms with van der Waals surface area (Å²) in [6.45, 7) is 17.1. The first-order valence-corrected chi connectivity index (χ1v) is 21.0. The van der Waals surface area contributed by atoms with Crippen molar-refractivity contribution in [3.63, 3.8) is 0 Å². The molecule has 1 aliphatic rings. The van der Waals surface area contributed by atoms with Crippen LogP contribution in [0.5, 0.6) is 0 Å². The second kappa shape index (κ2) is 24.8. The van der Waals surface area contributed by atoms with Crippen molar-refractivity contribution in [2.75, 3.05) is 47.8 Å². The summed E-state index contributed by atoms with van der Waals surface area (Å²) in [6.07, 6.45) is 2.66. The lowest BCUT2D eigenvalue weighted by Gasteiger charge is -2.36. The number of nitrogens with zero attached hydrogens (tertiary/aromatic N) is 5. The molecular formula is C42H75N7O9. The Morgan fingerprint density at radius 2 is 1.17 bits per heavy atom.